The number of methoxy groups -OCH3 is 1. The van der Waals surface area contributed by atoms with Crippen molar-refractivity contribution in [3.05, 3.63) is 66.0 Å². The Labute approximate surface area is 236 Å². The molecule has 0 atom stereocenters. The van der Waals surface area contributed by atoms with Gasteiger partial charge < -0.3 is 34.2 Å². The van der Waals surface area contributed by atoms with Crippen LogP contribution in [0.1, 0.15) is 30.8 Å². The lowest BCUT2D eigenvalue weighted by atomic mass is 10.2. The third-order valence-corrected chi connectivity index (χ3v) is 6.45. The van der Waals surface area contributed by atoms with Crippen molar-refractivity contribution in [2.45, 2.75) is 39.3 Å². The molecule has 5 aromatic rings. The van der Waals surface area contributed by atoms with Crippen molar-refractivity contribution < 1.29 is 23.0 Å². The smallest absolute Gasteiger partial charge is 0.196 e. The maximum absolute atomic E-state index is 13.5. The Morgan fingerprint density at radius 1 is 1.07 bits per heavy atom. The highest BCUT2D eigenvalue weighted by Crippen LogP contribution is 2.35. The van der Waals surface area contributed by atoms with Gasteiger partial charge >= 0.3 is 0 Å². The molecule has 0 aliphatic carbocycles. The van der Waals surface area contributed by atoms with Gasteiger partial charge in [0.25, 0.3) is 0 Å². The quantitative estimate of drug-likeness (QED) is 0.253. The summed E-state index contributed by atoms with van der Waals surface area (Å²) in [6.45, 7) is 5.53. The van der Waals surface area contributed by atoms with Crippen LogP contribution < -0.4 is 20.5 Å². The zero-order valence-corrected chi connectivity index (χ0v) is 23.2. The highest BCUT2D eigenvalue weighted by Gasteiger charge is 2.18. The van der Waals surface area contributed by atoms with E-state index in [1.54, 1.807) is 31.6 Å². The molecule has 12 heteroatoms. The largest absolute Gasteiger partial charge is 0.486 e. The number of aromatic nitrogens is 5. The maximum atomic E-state index is 13.5. The molecule has 0 unspecified atom stereocenters. The van der Waals surface area contributed by atoms with Crippen LogP contribution >= 0.6 is 0 Å². The molecule has 4 aromatic heterocycles. The van der Waals surface area contributed by atoms with E-state index in [2.05, 4.69) is 31.8 Å². The lowest BCUT2D eigenvalue weighted by molar-refractivity contribution is 0.172. The number of halogens is 1. The van der Waals surface area contributed by atoms with Crippen molar-refractivity contribution in [2.24, 2.45) is 5.73 Å². The number of nitrogens with zero attached hydrogens (tertiary/aromatic N) is 5. The van der Waals surface area contributed by atoms with Gasteiger partial charge in [-0.05, 0) is 18.6 Å². The third kappa shape index (κ3) is 6.55. The molecule has 0 saturated heterocycles. The van der Waals surface area contributed by atoms with Crippen molar-refractivity contribution >= 4 is 28.0 Å². The van der Waals surface area contributed by atoms with E-state index in [0.29, 0.717) is 61.3 Å². The lowest BCUT2D eigenvalue weighted by Crippen LogP contribution is -2.15. The van der Waals surface area contributed by atoms with Crippen LogP contribution in [-0.2, 0) is 30.7 Å². The van der Waals surface area contributed by atoms with E-state index in [1.807, 2.05) is 12.1 Å². The molecule has 1 aliphatic heterocycles. The normalized spacial score (nSPS) is 12.4. The summed E-state index contributed by atoms with van der Waals surface area (Å²) < 4.78 is 37.8. The van der Waals surface area contributed by atoms with Crippen LogP contribution in [0.2, 0.25) is 0 Å². The molecule has 0 spiro atoms. The predicted octanol–water partition coefficient (Wildman–Crippen LogP) is 4.28. The Morgan fingerprint density at radius 3 is 2.66 bits per heavy atom. The minimum Gasteiger partial charge on any atom is -0.486 e. The van der Waals surface area contributed by atoms with Crippen molar-refractivity contribution in [1.82, 2.24) is 24.5 Å². The summed E-state index contributed by atoms with van der Waals surface area (Å²) in [6.07, 6.45) is 5.75. The number of anilines is 1. The number of hydrogen-bond donors (Lipinski definition) is 2. The zero-order chi connectivity index (χ0) is 28.6. The average Bonchev–Trinajstić information content (AvgIpc) is 3.55. The lowest BCUT2D eigenvalue weighted by Gasteiger charge is -2.18. The second kappa shape index (κ2) is 13.4. The second-order valence-electron chi connectivity index (χ2n) is 9.35. The molecule has 0 radical (unpaired) electrons. The number of oxazole rings is 1. The highest BCUT2D eigenvalue weighted by molar-refractivity contribution is 5.84. The number of nitrogens with one attached hydrogen (secondary N) is 1. The van der Waals surface area contributed by atoms with Gasteiger partial charge in [0.2, 0.25) is 0 Å². The fraction of sp³-hybridized carbons (Fsp3) is 0.379. The number of aryl methyl sites for hydroxylation is 1. The fourth-order valence-electron chi connectivity index (χ4n) is 4.53. The number of imidazole rings is 1. The molecule has 1 aliphatic rings. The molecule has 216 valence electrons. The SMILES string of the molecule is CCCc1nc2cc3c(cc2n1CCOC)OCCO3.NCCc1nc2c(NCc3ncccc3F)nccc2o1. The van der Waals surface area contributed by atoms with Crippen LogP contribution in [0.3, 0.4) is 0 Å². The summed E-state index contributed by atoms with van der Waals surface area (Å²) >= 11 is 0. The standard InChI is InChI=1S/C15H20N2O3.C14H14FN5O/c1-3-4-15-16-11-9-13-14(20-8-7-19-13)10-12(11)17(15)5-6-18-2;15-9-2-1-6-17-10(9)8-19-14-13-11(4-7-18-14)21-12(20-13)3-5-16/h9-10H,3-8H2,1-2H3;1-2,4,6-7H,3,5,8,16H2,(H,18,19). The van der Waals surface area contributed by atoms with E-state index >= 15 is 0 Å². The molecule has 0 fully saturated rings. The Bertz CT molecular complexity index is 1600. The van der Waals surface area contributed by atoms with Crippen LogP contribution in [0, 0.1) is 5.82 Å². The van der Waals surface area contributed by atoms with Gasteiger partial charge in [-0.2, -0.15) is 0 Å². The van der Waals surface area contributed by atoms with Gasteiger partial charge in [-0.15, -0.1) is 0 Å². The first-order valence-electron chi connectivity index (χ1n) is 13.7. The fourth-order valence-corrected chi connectivity index (χ4v) is 4.53. The summed E-state index contributed by atoms with van der Waals surface area (Å²) in [4.78, 5) is 17.3. The molecular weight excluding hydrogens is 529 g/mol. The minimum atomic E-state index is -0.360. The minimum absolute atomic E-state index is 0.220. The number of nitrogens with two attached hydrogens (primary N) is 1. The summed E-state index contributed by atoms with van der Waals surface area (Å²) in [6, 6.07) is 8.66. The van der Waals surface area contributed by atoms with Crippen molar-refractivity contribution in [1.29, 1.82) is 0 Å². The van der Waals surface area contributed by atoms with Crippen LogP contribution in [0.4, 0.5) is 10.2 Å². The average molecular weight is 564 g/mol. The number of rotatable bonds is 10. The monoisotopic (exact) mass is 563 g/mol. The molecule has 11 nitrogen and oxygen atoms in total. The van der Waals surface area contributed by atoms with E-state index in [4.69, 9.17) is 29.3 Å². The van der Waals surface area contributed by atoms with Gasteiger partial charge in [0.05, 0.1) is 29.9 Å². The Morgan fingerprint density at radius 2 is 1.90 bits per heavy atom. The molecular formula is C29H34FN7O4. The maximum Gasteiger partial charge on any atom is 0.196 e. The Hall–Kier alpha value is -4.29. The summed E-state index contributed by atoms with van der Waals surface area (Å²) in [5.74, 6) is 3.44. The van der Waals surface area contributed by atoms with Gasteiger partial charge in [0.1, 0.15) is 24.9 Å². The molecule has 3 N–H and O–H groups in total. The van der Waals surface area contributed by atoms with E-state index in [9.17, 15) is 4.39 Å². The number of hydrogen-bond acceptors (Lipinski definition) is 10. The predicted molar refractivity (Wildman–Crippen MR) is 153 cm³/mol. The van der Waals surface area contributed by atoms with Gasteiger partial charge in [0.15, 0.2) is 34.3 Å². The van der Waals surface area contributed by atoms with Crippen LogP contribution in [-0.4, -0.2) is 58.0 Å². The van der Waals surface area contributed by atoms with E-state index in [0.717, 1.165) is 47.7 Å². The summed E-state index contributed by atoms with van der Waals surface area (Å²) in [7, 11) is 1.72. The number of fused-ring (bicyclic) bond motifs is 3. The molecule has 41 heavy (non-hydrogen) atoms. The molecule has 0 bridgehead atoms. The summed E-state index contributed by atoms with van der Waals surface area (Å²) in [5, 5.41) is 3.03. The number of ether oxygens (including phenoxy) is 3. The van der Waals surface area contributed by atoms with Crippen LogP contribution in [0.25, 0.3) is 22.1 Å². The van der Waals surface area contributed by atoms with Gasteiger partial charge in [-0.1, -0.05) is 6.92 Å². The van der Waals surface area contributed by atoms with Crippen molar-refractivity contribution in [3.63, 3.8) is 0 Å². The van der Waals surface area contributed by atoms with Crippen LogP contribution in [0.5, 0.6) is 11.5 Å². The molecule has 6 rings (SSSR count). The molecule has 0 amide bonds. The third-order valence-electron chi connectivity index (χ3n) is 6.45. The van der Waals surface area contributed by atoms with Gasteiger partial charge in [0, 0.05) is 63.6 Å². The first-order valence-corrected chi connectivity index (χ1v) is 13.7. The molecule has 1 aromatic carbocycles. The van der Waals surface area contributed by atoms with E-state index in [1.165, 1.54) is 6.07 Å². The first-order chi connectivity index (χ1) is 20.1. The number of benzene rings is 1. The highest BCUT2D eigenvalue weighted by atomic mass is 19.1. The van der Waals surface area contributed by atoms with E-state index < -0.39 is 0 Å². The van der Waals surface area contributed by atoms with Gasteiger partial charge in [-0.3, -0.25) is 4.98 Å². The molecule has 5 heterocycles. The van der Waals surface area contributed by atoms with Gasteiger partial charge in [-0.25, -0.2) is 19.3 Å². The zero-order valence-electron chi connectivity index (χ0n) is 23.2. The van der Waals surface area contributed by atoms with Crippen LogP contribution in [0.15, 0.2) is 47.1 Å². The summed E-state index contributed by atoms with van der Waals surface area (Å²) in [5.41, 5.74) is 9.10. The van der Waals surface area contributed by atoms with E-state index in [-0.39, 0.29) is 12.4 Å². The van der Waals surface area contributed by atoms with Crippen molar-refractivity contribution in [2.75, 3.05) is 38.8 Å². The number of pyridine rings is 2. The molecule has 0 saturated carbocycles. The second-order valence-corrected chi connectivity index (χ2v) is 9.35. The first kappa shape index (κ1) is 28.2. The Balaban J connectivity index is 0.000000165. The topological polar surface area (TPSA) is 135 Å². The van der Waals surface area contributed by atoms with Crippen molar-refractivity contribution in [3.8, 4) is 11.5 Å². The Kier molecular flexibility index (Phi) is 9.22.